The van der Waals surface area contributed by atoms with E-state index >= 15 is 0 Å². The Kier molecular flexibility index (Phi) is 7.96. The zero-order valence-electron chi connectivity index (χ0n) is 15.8. The van der Waals surface area contributed by atoms with Crippen LogP contribution < -0.4 is 20.7 Å². The SMILES string of the molecule is COc1cc(/C=C/C(=O)CC(=O)/C=C/c2ccc(O)c(OCNN)c2)ccc1O. The predicted molar refractivity (Wildman–Crippen MR) is 108 cm³/mol. The molecule has 0 bridgehead atoms. The van der Waals surface area contributed by atoms with Crippen molar-refractivity contribution in [2.75, 3.05) is 13.8 Å². The first-order chi connectivity index (χ1) is 13.9. The molecule has 0 saturated carbocycles. The van der Waals surface area contributed by atoms with Crippen LogP contribution in [-0.4, -0.2) is 35.6 Å². The Hall–Kier alpha value is -3.62. The van der Waals surface area contributed by atoms with E-state index in [1.165, 1.54) is 49.6 Å². The molecule has 0 aliphatic heterocycles. The monoisotopic (exact) mass is 398 g/mol. The first-order valence-electron chi connectivity index (χ1n) is 8.61. The number of rotatable bonds is 10. The number of nitrogens with two attached hydrogens (primary N) is 1. The second-order valence-corrected chi connectivity index (χ2v) is 5.93. The Bertz CT molecular complexity index is 937. The highest BCUT2D eigenvalue weighted by Crippen LogP contribution is 2.27. The van der Waals surface area contributed by atoms with Crippen LogP contribution in [0, 0.1) is 0 Å². The van der Waals surface area contributed by atoms with Crippen molar-refractivity contribution < 1.29 is 29.3 Å². The Balaban J connectivity index is 1.95. The van der Waals surface area contributed by atoms with Gasteiger partial charge in [-0.05, 0) is 47.5 Å². The number of ether oxygens (including phenoxy) is 2. The van der Waals surface area contributed by atoms with Gasteiger partial charge in [-0.2, -0.15) is 0 Å². The Morgan fingerprint density at radius 3 is 2.00 bits per heavy atom. The standard InChI is InChI=1S/C21H22N2O6/c1-28-20-10-14(4-8-18(20)26)2-6-16(24)12-17(25)7-3-15-5-9-19(27)21(11-15)29-13-23-22/h2-11,23,26-27H,12-13,22H2,1H3/b6-2+,7-3+. The minimum atomic E-state index is -0.373. The van der Waals surface area contributed by atoms with Crippen LogP contribution in [0.25, 0.3) is 12.2 Å². The molecule has 8 heteroatoms. The number of hydrogen-bond acceptors (Lipinski definition) is 8. The number of nitrogens with one attached hydrogen (secondary N) is 1. The molecule has 0 aliphatic rings. The minimum Gasteiger partial charge on any atom is -0.504 e. The second kappa shape index (κ2) is 10.6. The fourth-order valence-corrected chi connectivity index (χ4v) is 2.34. The van der Waals surface area contributed by atoms with Crippen molar-refractivity contribution in [3.05, 3.63) is 59.7 Å². The van der Waals surface area contributed by atoms with Gasteiger partial charge < -0.3 is 19.7 Å². The molecular formula is C21H22N2O6. The molecule has 2 aromatic rings. The van der Waals surface area contributed by atoms with Crippen molar-refractivity contribution >= 4 is 23.7 Å². The number of hydrogen-bond donors (Lipinski definition) is 4. The lowest BCUT2D eigenvalue weighted by molar-refractivity contribution is -0.121. The van der Waals surface area contributed by atoms with Crippen LogP contribution in [0.5, 0.6) is 23.0 Å². The van der Waals surface area contributed by atoms with E-state index in [9.17, 15) is 19.8 Å². The predicted octanol–water partition coefficient (Wildman–Crippen LogP) is 2.16. The van der Waals surface area contributed by atoms with Gasteiger partial charge in [-0.15, -0.1) is 0 Å². The number of allylic oxidation sites excluding steroid dienone is 2. The number of ketones is 2. The van der Waals surface area contributed by atoms with E-state index < -0.39 is 0 Å². The highest BCUT2D eigenvalue weighted by molar-refractivity contribution is 6.10. The quantitative estimate of drug-likeness (QED) is 0.157. The van der Waals surface area contributed by atoms with Gasteiger partial charge in [0, 0.05) is 0 Å². The van der Waals surface area contributed by atoms with Crippen LogP contribution in [0.4, 0.5) is 0 Å². The summed E-state index contributed by atoms with van der Waals surface area (Å²) in [6, 6.07) is 9.21. The number of aromatic hydroxyl groups is 2. The molecule has 0 unspecified atom stereocenters. The summed E-state index contributed by atoms with van der Waals surface area (Å²) < 4.78 is 10.2. The van der Waals surface area contributed by atoms with Gasteiger partial charge in [0.25, 0.3) is 0 Å². The topological polar surface area (TPSA) is 131 Å². The average molecular weight is 398 g/mol. The third kappa shape index (κ3) is 6.80. The molecule has 5 N–H and O–H groups in total. The van der Waals surface area contributed by atoms with E-state index in [1.54, 1.807) is 18.2 Å². The summed E-state index contributed by atoms with van der Waals surface area (Å²) in [5.74, 6) is 4.82. The fourth-order valence-electron chi connectivity index (χ4n) is 2.34. The van der Waals surface area contributed by atoms with Gasteiger partial charge in [0.15, 0.2) is 41.3 Å². The Morgan fingerprint density at radius 2 is 1.48 bits per heavy atom. The van der Waals surface area contributed by atoms with Gasteiger partial charge in [0.1, 0.15) is 0 Å². The lowest BCUT2D eigenvalue weighted by atomic mass is 10.1. The van der Waals surface area contributed by atoms with E-state index in [4.69, 9.17) is 15.3 Å². The molecule has 0 radical (unpaired) electrons. The molecule has 0 amide bonds. The molecule has 0 heterocycles. The third-order valence-electron chi connectivity index (χ3n) is 3.77. The number of carbonyl (C=O) groups excluding carboxylic acids is 2. The molecule has 0 aromatic heterocycles. The van der Waals surface area contributed by atoms with E-state index in [2.05, 4.69) is 5.43 Å². The van der Waals surface area contributed by atoms with E-state index in [0.29, 0.717) is 11.1 Å². The van der Waals surface area contributed by atoms with Gasteiger partial charge >= 0.3 is 0 Å². The number of phenols is 2. The Labute approximate surface area is 167 Å². The lowest BCUT2D eigenvalue weighted by Gasteiger charge is -2.07. The highest BCUT2D eigenvalue weighted by Gasteiger charge is 2.06. The van der Waals surface area contributed by atoms with Crippen LogP contribution in [0.2, 0.25) is 0 Å². The van der Waals surface area contributed by atoms with Crippen molar-refractivity contribution in [3.63, 3.8) is 0 Å². The van der Waals surface area contributed by atoms with Gasteiger partial charge in [-0.25, -0.2) is 5.43 Å². The zero-order chi connectivity index (χ0) is 21.2. The lowest BCUT2D eigenvalue weighted by Crippen LogP contribution is -2.26. The van der Waals surface area contributed by atoms with Crippen LogP contribution in [0.3, 0.4) is 0 Å². The molecule has 0 aliphatic carbocycles. The van der Waals surface area contributed by atoms with Crippen LogP contribution in [0.15, 0.2) is 48.6 Å². The molecule has 0 saturated heterocycles. The fraction of sp³-hybridized carbons (Fsp3) is 0.143. The van der Waals surface area contributed by atoms with E-state index in [1.807, 2.05) is 0 Å². The van der Waals surface area contributed by atoms with Gasteiger partial charge in [0.2, 0.25) is 0 Å². The third-order valence-corrected chi connectivity index (χ3v) is 3.77. The van der Waals surface area contributed by atoms with Gasteiger partial charge in [-0.1, -0.05) is 24.3 Å². The highest BCUT2D eigenvalue weighted by atomic mass is 16.5. The summed E-state index contributed by atoms with van der Waals surface area (Å²) >= 11 is 0. The number of carbonyl (C=O) groups is 2. The molecule has 2 rings (SSSR count). The smallest absolute Gasteiger partial charge is 0.163 e. The maximum atomic E-state index is 12.0. The first-order valence-corrected chi connectivity index (χ1v) is 8.61. The van der Waals surface area contributed by atoms with E-state index in [-0.39, 0.29) is 47.7 Å². The number of hydrazine groups is 1. The van der Waals surface area contributed by atoms with Crippen molar-refractivity contribution in [1.82, 2.24) is 5.43 Å². The van der Waals surface area contributed by atoms with Crippen molar-refractivity contribution in [2.45, 2.75) is 6.42 Å². The Morgan fingerprint density at radius 1 is 0.966 bits per heavy atom. The summed E-state index contributed by atoms with van der Waals surface area (Å²) in [5, 5.41) is 19.3. The minimum absolute atomic E-state index is 0.00151. The number of methoxy groups -OCH3 is 1. The first kappa shape index (κ1) is 21.7. The zero-order valence-corrected chi connectivity index (χ0v) is 15.8. The summed E-state index contributed by atoms with van der Waals surface area (Å²) in [4.78, 5) is 24.0. The van der Waals surface area contributed by atoms with Crippen LogP contribution >= 0.6 is 0 Å². The van der Waals surface area contributed by atoms with Crippen molar-refractivity contribution in [2.24, 2.45) is 5.84 Å². The molecule has 0 atom stereocenters. The average Bonchev–Trinajstić information content (AvgIpc) is 2.71. The van der Waals surface area contributed by atoms with Gasteiger partial charge in [0.05, 0.1) is 13.5 Å². The summed E-state index contributed by atoms with van der Waals surface area (Å²) in [6.45, 7) is 0.00734. The molecule has 2 aromatic carbocycles. The molecule has 8 nitrogen and oxygen atoms in total. The molecular weight excluding hydrogens is 376 g/mol. The number of benzene rings is 2. The van der Waals surface area contributed by atoms with Crippen molar-refractivity contribution in [1.29, 1.82) is 0 Å². The summed E-state index contributed by atoms with van der Waals surface area (Å²) in [7, 11) is 1.43. The van der Waals surface area contributed by atoms with Gasteiger partial charge in [-0.3, -0.25) is 15.4 Å². The van der Waals surface area contributed by atoms with Crippen LogP contribution in [0.1, 0.15) is 17.5 Å². The summed E-state index contributed by atoms with van der Waals surface area (Å²) in [5.41, 5.74) is 3.56. The number of phenolic OH excluding ortho intramolecular Hbond substituents is 2. The molecule has 0 fully saturated rings. The molecule has 29 heavy (non-hydrogen) atoms. The van der Waals surface area contributed by atoms with Crippen LogP contribution in [-0.2, 0) is 9.59 Å². The van der Waals surface area contributed by atoms with Crippen molar-refractivity contribution in [3.8, 4) is 23.0 Å². The maximum Gasteiger partial charge on any atom is 0.163 e. The molecule has 152 valence electrons. The summed E-state index contributed by atoms with van der Waals surface area (Å²) in [6.07, 6.45) is 5.35. The largest absolute Gasteiger partial charge is 0.504 e. The molecule has 0 spiro atoms. The second-order valence-electron chi connectivity index (χ2n) is 5.93. The van der Waals surface area contributed by atoms with E-state index in [0.717, 1.165) is 0 Å². The normalized spacial score (nSPS) is 11.1. The maximum absolute atomic E-state index is 12.0.